The lowest BCUT2D eigenvalue weighted by atomic mass is 10.4. The molecule has 0 spiro atoms. The molecule has 0 aliphatic carbocycles. The minimum Gasteiger partial charge on any atom is -0.380 e. The molecule has 6 heteroatoms. The zero-order valence-corrected chi connectivity index (χ0v) is 8.55. The molecular weight excluding hydrogens is 182 g/mol. The summed E-state index contributed by atoms with van der Waals surface area (Å²) in [5, 5.41) is 9.25. The van der Waals surface area contributed by atoms with E-state index in [2.05, 4.69) is 17.2 Å². The van der Waals surface area contributed by atoms with E-state index in [0.717, 1.165) is 19.4 Å². The monoisotopic (exact) mass is 201 g/mol. The highest BCUT2D eigenvalue weighted by Gasteiger charge is 1.91. The van der Waals surface area contributed by atoms with Crippen LogP contribution in [-0.2, 0) is 4.74 Å². The SMILES string of the molecule is CCCCOCCN=C(N)NC(=N)N. The molecule has 0 fully saturated rings. The van der Waals surface area contributed by atoms with Gasteiger partial charge in [0.05, 0.1) is 13.2 Å². The number of nitrogens with one attached hydrogen (secondary N) is 2. The fourth-order valence-electron chi connectivity index (χ4n) is 0.757. The Bertz CT molecular complexity index is 192. The van der Waals surface area contributed by atoms with Gasteiger partial charge in [-0.1, -0.05) is 13.3 Å². The van der Waals surface area contributed by atoms with Crippen LogP contribution in [0.3, 0.4) is 0 Å². The molecule has 6 N–H and O–H groups in total. The lowest BCUT2D eigenvalue weighted by Gasteiger charge is -2.03. The van der Waals surface area contributed by atoms with Crippen molar-refractivity contribution in [2.24, 2.45) is 16.5 Å². The molecule has 0 saturated carbocycles. The van der Waals surface area contributed by atoms with Gasteiger partial charge < -0.3 is 16.2 Å². The first-order valence-electron chi connectivity index (χ1n) is 4.65. The predicted molar refractivity (Wildman–Crippen MR) is 57.3 cm³/mol. The van der Waals surface area contributed by atoms with Gasteiger partial charge in [0.1, 0.15) is 0 Å². The number of unbranched alkanes of at least 4 members (excludes halogenated alkanes) is 1. The molecule has 0 aliphatic heterocycles. The zero-order chi connectivity index (χ0) is 10.8. The second-order valence-electron chi connectivity index (χ2n) is 2.77. The topological polar surface area (TPSA) is 110 Å². The van der Waals surface area contributed by atoms with Gasteiger partial charge in [0.25, 0.3) is 0 Å². The number of hydrogen-bond donors (Lipinski definition) is 4. The van der Waals surface area contributed by atoms with Gasteiger partial charge in [-0.05, 0) is 6.42 Å². The first kappa shape index (κ1) is 12.7. The summed E-state index contributed by atoms with van der Waals surface area (Å²) < 4.78 is 5.25. The van der Waals surface area contributed by atoms with Gasteiger partial charge in [-0.25, -0.2) is 0 Å². The summed E-state index contributed by atoms with van der Waals surface area (Å²) in [6.45, 7) is 3.89. The Labute approximate surface area is 84.2 Å². The normalized spacial score (nSPS) is 11.4. The van der Waals surface area contributed by atoms with Crippen LogP contribution in [0.2, 0.25) is 0 Å². The van der Waals surface area contributed by atoms with Crippen LogP contribution in [-0.4, -0.2) is 31.7 Å². The van der Waals surface area contributed by atoms with Crippen molar-refractivity contribution in [3.05, 3.63) is 0 Å². The van der Waals surface area contributed by atoms with Crippen molar-refractivity contribution in [3.63, 3.8) is 0 Å². The third kappa shape index (κ3) is 8.79. The predicted octanol–water partition coefficient (Wildman–Crippen LogP) is -0.399. The van der Waals surface area contributed by atoms with Gasteiger partial charge >= 0.3 is 0 Å². The van der Waals surface area contributed by atoms with Crippen LogP contribution in [0.4, 0.5) is 0 Å². The third-order valence-electron chi connectivity index (χ3n) is 1.42. The summed E-state index contributed by atoms with van der Waals surface area (Å²) in [5.74, 6) is -0.0604. The minimum atomic E-state index is -0.210. The molecule has 0 heterocycles. The van der Waals surface area contributed by atoms with Gasteiger partial charge in [-0.15, -0.1) is 0 Å². The van der Waals surface area contributed by atoms with E-state index in [4.69, 9.17) is 21.6 Å². The second-order valence-corrected chi connectivity index (χ2v) is 2.77. The fraction of sp³-hybridized carbons (Fsp3) is 0.750. The lowest BCUT2D eigenvalue weighted by Crippen LogP contribution is -2.41. The Kier molecular flexibility index (Phi) is 7.53. The second kappa shape index (κ2) is 8.31. The van der Waals surface area contributed by atoms with Gasteiger partial charge in [0.15, 0.2) is 11.9 Å². The van der Waals surface area contributed by atoms with Crippen molar-refractivity contribution in [1.29, 1.82) is 5.41 Å². The summed E-state index contributed by atoms with van der Waals surface area (Å²) in [6, 6.07) is 0. The summed E-state index contributed by atoms with van der Waals surface area (Å²) in [6.07, 6.45) is 2.18. The van der Waals surface area contributed by atoms with Crippen LogP contribution in [0, 0.1) is 5.41 Å². The van der Waals surface area contributed by atoms with Gasteiger partial charge in [-0.2, -0.15) is 0 Å². The van der Waals surface area contributed by atoms with Crippen molar-refractivity contribution in [1.82, 2.24) is 5.32 Å². The highest BCUT2D eigenvalue weighted by atomic mass is 16.5. The summed E-state index contributed by atoms with van der Waals surface area (Å²) >= 11 is 0. The van der Waals surface area contributed by atoms with Crippen molar-refractivity contribution in [3.8, 4) is 0 Å². The molecule has 0 aromatic carbocycles. The Hall–Kier alpha value is -1.30. The Balaban J connectivity index is 3.36. The minimum absolute atomic E-state index is 0.150. The zero-order valence-electron chi connectivity index (χ0n) is 8.55. The first-order chi connectivity index (χ1) is 6.66. The Morgan fingerprint density at radius 1 is 1.43 bits per heavy atom. The number of hydrogen-bond acceptors (Lipinski definition) is 3. The molecule has 6 nitrogen and oxygen atoms in total. The molecule has 0 unspecified atom stereocenters. The maximum Gasteiger partial charge on any atom is 0.195 e. The molecule has 0 amide bonds. The van der Waals surface area contributed by atoms with Crippen LogP contribution < -0.4 is 16.8 Å². The van der Waals surface area contributed by atoms with Crippen molar-refractivity contribution < 1.29 is 4.74 Å². The Morgan fingerprint density at radius 2 is 2.14 bits per heavy atom. The van der Waals surface area contributed by atoms with Crippen LogP contribution in [0.15, 0.2) is 4.99 Å². The largest absolute Gasteiger partial charge is 0.380 e. The van der Waals surface area contributed by atoms with E-state index in [1.807, 2.05) is 0 Å². The molecule has 0 aliphatic rings. The summed E-state index contributed by atoms with van der Waals surface area (Å²) in [4.78, 5) is 3.90. The van der Waals surface area contributed by atoms with Crippen molar-refractivity contribution >= 4 is 11.9 Å². The van der Waals surface area contributed by atoms with E-state index < -0.39 is 0 Å². The maximum absolute atomic E-state index is 6.87. The quantitative estimate of drug-likeness (QED) is 0.266. The van der Waals surface area contributed by atoms with Crippen LogP contribution in [0.5, 0.6) is 0 Å². The Morgan fingerprint density at radius 3 is 2.71 bits per heavy atom. The number of nitrogens with zero attached hydrogens (tertiary/aromatic N) is 1. The summed E-state index contributed by atoms with van der Waals surface area (Å²) in [5.41, 5.74) is 10.4. The van der Waals surface area contributed by atoms with E-state index in [1.165, 1.54) is 0 Å². The summed E-state index contributed by atoms with van der Waals surface area (Å²) in [7, 11) is 0. The molecular formula is C8H19N5O. The molecule has 0 radical (unpaired) electrons. The van der Waals surface area contributed by atoms with E-state index in [9.17, 15) is 0 Å². The average molecular weight is 201 g/mol. The standard InChI is InChI=1S/C8H19N5O/c1-2-3-5-14-6-4-12-8(11)13-7(9)10/h2-6H2,1H3,(H6,9,10,11,12,13). The highest BCUT2D eigenvalue weighted by molar-refractivity contribution is 5.95. The highest BCUT2D eigenvalue weighted by Crippen LogP contribution is 1.87. The van der Waals surface area contributed by atoms with Gasteiger partial charge in [-0.3, -0.25) is 15.7 Å². The van der Waals surface area contributed by atoms with Crippen LogP contribution in [0.1, 0.15) is 19.8 Å². The first-order valence-corrected chi connectivity index (χ1v) is 4.65. The fourth-order valence-corrected chi connectivity index (χ4v) is 0.757. The molecule has 0 atom stereocenters. The molecule has 82 valence electrons. The molecule has 14 heavy (non-hydrogen) atoms. The van der Waals surface area contributed by atoms with Gasteiger partial charge in [0, 0.05) is 6.61 Å². The molecule has 0 saturated heterocycles. The number of rotatable bonds is 6. The molecule has 0 aromatic rings. The van der Waals surface area contributed by atoms with E-state index in [-0.39, 0.29) is 11.9 Å². The number of aliphatic imine (C=N–C) groups is 1. The van der Waals surface area contributed by atoms with E-state index in [1.54, 1.807) is 0 Å². The lowest BCUT2D eigenvalue weighted by molar-refractivity contribution is 0.139. The van der Waals surface area contributed by atoms with Crippen molar-refractivity contribution in [2.45, 2.75) is 19.8 Å². The number of guanidine groups is 2. The average Bonchev–Trinajstić information content (AvgIpc) is 2.10. The molecule has 0 aromatic heterocycles. The van der Waals surface area contributed by atoms with Crippen LogP contribution in [0.25, 0.3) is 0 Å². The van der Waals surface area contributed by atoms with E-state index >= 15 is 0 Å². The number of ether oxygens (including phenoxy) is 1. The third-order valence-corrected chi connectivity index (χ3v) is 1.42. The molecule has 0 bridgehead atoms. The number of nitrogens with two attached hydrogens (primary N) is 2. The molecule has 0 rings (SSSR count). The smallest absolute Gasteiger partial charge is 0.195 e. The van der Waals surface area contributed by atoms with Crippen LogP contribution >= 0.6 is 0 Å². The van der Waals surface area contributed by atoms with Crippen molar-refractivity contribution in [2.75, 3.05) is 19.8 Å². The maximum atomic E-state index is 6.87. The van der Waals surface area contributed by atoms with E-state index in [0.29, 0.717) is 13.2 Å². The van der Waals surface area contributed by atoms with Gasteiger partial charge in [0.2, 0.25) is 0 Å².